The van der Waals surface area contributed by atoms with Crippen LogP contribution in [0.15, 0.2) is 72.9 Å². The average molecular weight is 465 g/mol. The fraction of sp³-hybridized carbons (Fsp3) is 0.0833. The molecule has 2 aromatic heterocycles. The summed E-state index contributed by atoms with van der Waals surface area (Å²) in [6.45, 7) is 1.87. The van der Waals surface area contributed by atoms with Crippen LogP contribution in [0.25, 0.3) is 16.9 Å². The van der Waals surface area contributed by atoms with Crippen LogP contribution in [0.3, 0.4) is 0 Å². The summed E-state index contributed by atoms with van der Waals surface area (Å²) in [4.78, 5) is 29.5. The third-order valence-corrected chi connectivity index (χ3v) is 4.99. The third kappa shape index (κ3) is 4.75. The lowest BCUT2D eigenvalue weighted by atomic mass is 10.1. The molecule has 4 rings (SSSR count). The van der Waals surface area contributed by atoms with E-state index in [0.29, 0.717) is 11.4 Å². The van der Waals surface area contributed by atoms with Crippen LogP contribution in [-0.2, 0) is 4.74 Å². The molecule has 0 aliphatic heterocycles. The molecule has 0 spiro atoms. The van der Waals surface area contributed by atoms with Gasteiger partial charge in [-0.25, -0.2) is 13.9 Å². The number of pyridine rings is 1. The number of rotatable bonds is 6. The molecule has 0 radical (unpaired) electrons. The van der Waals surface area contributed by atoms with Gasteiger partial charge in [0, 0.05) is 17.8 Å². The number of halogens is 2. The van der Waals surface area contributed by atoms with Gasteiger partial charge in [0.2, 0.25) is 0 Å². The zero-order chi connectivity index (χ0) is 23.4. The number of carbonyl (C=O) groups excluding carboxylic acids is 2. The van der Waals surface area contributed by atoms with Gasteiger partial charge in [0.05, 0.1) is 28.6 Å². The van der Waals surface area contributed by atoms with Crippen LogP contribution in [0.5, 0.6) is 0 Å². The van der Waals surface area contributed by atoms with Gasteiger partial charge < -0.3 is 10.1 Å². The molecule has 1 amide bonds. The Labute approximate surface area is 193 Å². The predicted octanol–water partition coefficient (Wildman–Crippen LogP) is 5.16. The molecular formula is C24H18ClFN4O3. The monoisotopic (exact) mass is 464 g/mol. The summed E-state index contributed by atoms with van der Waals surface area (Å²) in [5.74, 6) is -1.62. The number of carbonyl (C=O) groups is 2. The number of para-hydroxylation sites is 1. The molecular weight excluding hydrogens is 447 g/mol. The van der Waals surface area contributed by atoms with Crippen molar-refractivity contribution in [1.29, 1.82) is 0 Å². The molecule has 9 heteroatoms. The minimum atomic E-state index is -0.625. The average Bonchev–Trinajstić information content (AvgIpc) is 3.24. The molecule has 0 aliphatic rings. The number of aromatic nitrogens is 3. The number of anilines is 1. The maximum atomic E-state index is 14.5. The smallest absolute Gasteiger partial charge is 0.358 e. The molecule has 0 fully saturated rings. The van der Waals surface area contributed by atoms with E-state index < -0.39 is 17.7 Å². The number of esters is 1. The van der Waals surface area contributed by atoms with Crippen molar-refractivity contribution < 1.29 is 18.7 Å². The Morgan fingerprint density at radius 2 is 1.85 bits per heavy atom. The van der Waals surface area contributed by atoms with Crippen molar-refractivity contribution in [2.45, 2.75) is 6.92 Å². The number of ether oxygens (including phenoxy) is 1. The molecule has 4 aromatic rings. The number of nitrogens with one attached hydrogen (secondary N) is 1. The maximum Gasteiger partial charge on any atom is 0.358 e. The zero-order valence-electron chi connectivity index (χ0n) is 17.5. The van der Waals surface area contributed by atoms with Gasteiger partial charge in [-0.1, -0.05) is 35.9 Å². The van der Waals surface area contributed by atoms with E-state index in [1.165, 1.54) is 23.0 Å². The van der Waals surface area contributed by atoms with Gasteiger partial charge in [0.1, 0.15) is 11.6 Å². The lowest BCUT2D eigenvalue weighted by molar-refractivity contribution is 0.0518. The van der Waals surface area contributed by atoms with Gasteiger partial charge in [-0.05, 0) is 43.3 Å². The number of benzene rings is 2. The lowest BCUT2D eigenvalue weighted by Gasteiger charge is -2.11. The van der Waals surface area contributed by atoms with Crippen molar-refractivity contribution in [2.75, 3.05) is 11.9 Å². The number of hydrogen-bond acceptors (Lipinski definition) is 5. The third-order valence-electron chi connectivity index (χ3n) is 4.68. The number of nitrogens with zero attached hydrogens (tertiary/aromatic N) is 3. The highest BCUT2D eigenvalue weighted by atomic mass is 35.5. The van der Waals surface area contributed by atoms with Crippen LogP contribution in [0, 0.1) is 5.82 Å². The van der Waals surface area contributed by atoms with Crippen LogP contribution in [-0.4, -0.2) is 33.2 Å². The Morgan fingerprint density at radius 1 is 1.09 bits per heavy atom. The van der Waals surface area contributed by atoms with Crippen LogP contribution in [0.2, 0.25) is 5.02 Å². The van der Waals surface area contributed by atoms with Gasteiger partial charge in [-0.15, -0.1) is 0 Å². The predicted molar refractivity (Wildman–Crippen MR) is 122 cm³/mol. The van der Waals surface area contributed by atoms with E-state index in [1.54, 1.807) is 49.4 Å². The van der Waals surface area contributed by atoms with E-state index in [1.807, 2.05) is 6.07 Å². The summed E-state index contributed by atoms with van der Waals surface area (Å²) in [5.41, 5.74) is 1.17. The fourth-order valence-corrected chi connectivity index (χ4v) is 3.40. The van der Waals surface area contributed by atoms with Crippen molar-refractivity contribution in [3.8, 4) is 16.9 Å². The molecule has 166 valence electrons. The summed E-state index contributed by atoms with van der Waals surface area (Å²) < 4.78 is 21.0. The van der Waals surface area contributed by atoms with Crippen LogP contribution in [0.4, 0.5) is 10.2 Å². The number of amides is 1. The molecule has 0 atom stereocenters. The van der Waals surface area contributed by atoms with Crippen LogP contribution < -0.4 is 5.32 Å². The number of hydrogen-bond donors (Lipinski definition) is 1. The molecule has 0 saturated heterocycles. The van der Waals surface area contributed by atoms with E-state index in [4.69, 9.17) is 16.3 Å². The largest absolute Gasteiger partial charge is 0.461 e. The van der Waals surface area contributed by atoms with Gasteiger partial charge in [0.25, 0.3) is 5.91 Å². The quantitative estimate of drug-likeness (QED) is 0.398. The van der Waals surface area contributed by atoms with E-state index in [2.05, 4.69) is 15.4 Å². The topological polar surface area (TPSA) is 86.1 Å². The van der Waals surface area contributed by atoms with Crippen molar-refractivity contribution in [1.82, 2.24) is 14.8 Å². The Hall–Kier alpha value is -4.04. The Kier molecular flexibility index (Phi) is 6.46. The van der Waals surface area contributed by atoms with Gasteiger partial charge >= 0.3 is 5.97 Å². The molecule has 0 saturated carbocycles. The minimum absolute atomic E-state index is 0.0235. The second-order valence-corrected chi connectivity index (χ2v) is 7.27. The molecule has 0 aliphatic carbocycles. The Morgan fingerprint density at radius 3 is 2.55 bits per heavy atom. The summed E-state index contributed by atoms with van der Waals surface area (Å²) in [5, 5.41) is 6.91. The first-order chi connectivity index (χ1) is 16.0. The summed E-state index contributed by atoms with van der Waals surface area (Å²) >= 11 is 6.19. The first-order valence-corrected chi connectivity index (χ1v) is 10.4. The lowest BCUT2D eigenvalue weighted by Crippen LogP contribution is -2.16. The first kappa shape index (κ1) is 22.2. The molecule has 33 heavy (non-hydrogen) atoms. The van der Waals surface area contributed by atoms with E-state index in [0.717, 1.165) is 6.07 Å². The van der Waals surface area contributed by atoms with Crippen LogP contribution >= 0.6 is 11.6 Å². The van der Waals surface area contributed by atoms with E-state index in [9.17, 15) is 14.0 Å². The minimum Gasteiger partial charge on any atom is -0.461 e. The summed E-state index contributed by atoms with van der Waals surface area (Å²) in [6, 6.07) is 17.8. The zero-order valence-corrected chi connectivity index (χ0v) is 18.2. The fourth-order valence-electron chi connectivity index (χ4n) is 3.17. The normalized spacial score (nSPS) is 10.6. The highest BCUT2D eigenvalue weighted by Gasteiger charge is 2.21. The van der Waals surface area contributed by atoms with Gasteiger partial charge in [0.15, 0.2) is 5.69 Å². The van der Waals surface area contributed by atoms with Crippen molar-refractivity contribution in [3.05, 3.63) is 95.0 Å². The molecule has 1 N–H and O–H groups in total. The van der Waals surface area contributed by atoms with E-state index in [-0.39, 0.29) is 34.3 Å². The van der Waals surface area contributed by atoms with Crippen molar-refractivity contribution >= 4 is 29.3 Å². The first-order valence-electron chi connectivity index (χ1n) is 10.0. The summed E-state index contributed by atoms with van der Waals surface area (Å²) in [6.07, 6.45) is 1.53. The second kappa shape index (κ2) is 9.62. The molecule has 0 unspecified atom stereocenters. The molecule has 2 heterocycles. The SMILES string of the molecule is CCOC(=O)c1cc(NC(=O)c2cc(-c3ccccn3)c(F)cc2Cl)n(-c2ccccc2)n1. The van der Waals surface area contributed by atoms with Crippen LogP contribution in [0.1, 0.15) is 27.8 Å². The van der Waals surface area contributed by atoms with Gasteiger partial charge in [-0.2, -0.15) is 5.10 Å². The second-order valence-electron chi connectivity index (χ2n) is 6.86. The highest BCUT2D eigenvalue weighted by Crippen LogP contribution is 2.28. The highest BCUT2D eigenvalue weighted by molar-refractivity contribution is 6.34. The molecule has 0 bridgehead atoms. The molecule has 7 nitrogen and oxygen atoms in total. The maximum absolute atomic E-state index is 14.5. The van der Waals surface area contributed by atoms with E-state index >= 15 is 0 Å². The van der Waals surface area contributed by atoms with Gasteiger partial charge in [-0.3, -0.25) is 9.78 Å². The Bertz CT molecular complexity index is 1310. The molecule has 2 aromatic carbocycles. The summed E-state index contributed by atoms with van der Waals surface area (Å²) in [7, 11) is 0. The van der Waals surface area contributed by atoms with Crippen molar-refractivity contribution in [2.24, 2.45) is 0 Å². The van der Waals surface area contributed by atoms with Crippen molar-refractivity contribution in [3.63, 3.8) is 0 Å². The standard InChI is InChI=1S/C24H18ClFN4O3/c1-2-33-24(32)21-14-22(30(29-21)15-8-4-3-5-9-15)28-23(31)16-12-17(19(26)13-18(16)25)20-10-6-7-11-27-20/h3-14H,2H2,1H3,(H,28,31). The Balaban J connectivity index is 1.72.